The molecule has 0 aliphatic carbocycles. The van der Waals surface area contributed by atoms with Gasteiger partial charge in [-0.05, 0) is 17.5 Å². The summed E-state index contributed by atoms with van der Waals surface area (Å²) < 4.78 is 0. The van der Waals surface area contributed by atoms with E-state index in [-0.39, 0.29) is 30.1 Å². The summed E-state index contributed by atoms with van der Waals surface area (Å²) in [5, 5.41) is 2.82. The van der Waals surface area contributed by atoms with Gasteiger partial charge in [0.2, 0.25) is 11.8 Å². The topological polar surface area (TPSA) is 75.4 Å². The van der Waals surface area contributed by atoms with Crippen LogP contribution in [0, 0.1) is 5.92 Å². The van der Waals surface area contributed by atoms with Crippen LogP contribution in [0.25, 0.3) is 0 Å². The Balaban J connectivity index is 0.00000264. The molecule has 6 heteroatoms. The Kier molecular flexibility index (Phi) is 7.52. The Labute approximate surface area is 144 Å². The largest absolute Gasteiger partial charge is 0.353 e. The van der Waals surface area contributed by atoms with Gasteiger partial charge >= 0.3 is 0 Å². The number of hydrogen-bond acceptors (Lipinski definition) is 3. The van der Waals surface area contributed by atoms with Crippen molar-refractivity contribution in [3.8, 4) is 0 Å². The zero-order valence-electron chi connectivity index (χ0n) is 13.7. The van der Waals surface area contributed by atoms with E-state index in [0.29, 0.717) is 26.1 Å². The number of amides is 2. The molecular formula is C17H26ClN3O2. The van der Waals surface area contributed by atoms with E-state index >= 15 is 0 Å². The summed E-state index contributed by atoms with van der Waals surface area (Å²) in [4.78, 5) is 26.8. The molecule has 0 saturated carbocycles. The van der Waals surface area contributed by atoms with Crippen molar-refractivity contribution in [3.63, 3.8) is 0 Å². The van der Waals surface area contributed by atoms with E-state index in [1.807, 2.05) is 38.1 Å². The molecule has 2 rings (SSSR count). The second-order valence-electron chi connectivity index (χ2n) is 5.84. The van der Waals surface area contributed by atoms with Gasteiger partial charge in [-0.1, -0.05) is 38.1 Å². The van der Waals surface area contributed by atoms with Gasteiger partial charge in [-0.25, -0.2) is 0 Å². The van der Waals surface area contributed by atoms with E-state index in [1.165, 1.54) is 0 Å². The van der Waals surface area contributed by atoms with Gasteiger partial charge < -0.3 is 16.0 Å². The molecule has 1 heterocycles. The molecule has 0 aromatic heterocycles. The number of fused-ring (bicyclic) bond motifs is 1. The minimum absolute atomic E-state index is 0. The van der Waals surface area contributed by atoms with E-state index in [0.717, 1.165) is 17.5 Å². The minimum Gasteiger partial charge on any atom is -0.353 e. The molecule has 1 aromatic rings. The van der Waals surface area contributed by atoms with Crippen LogP contribution in [0.2, 0.25) is 0 Å². The van der Waals surface area contributed by atoms with Gasteiger partial charge in [-0.3, -0.25) is 9.59 Å². The maximum atomic E-state index is 12.6. The van der Waals surface area contributed by atoms with Crippen molar-refractivity contribution < 1.29 is 9.59 Å². The van der Waals surface area contributed by atoms with E-state index in [1.54, 1.807) is 4.90 Å². The van der Waals surface area contributed by atoms with Gasteiger partial charge in [0.1, 0.15) is 6.04 Å². The number of hydrogen-bond donors (Lipinski definition) is 2. The zero-order valence-corrected chi connectivity index (χ0v) is 14.6. The van der Waals surface area contributed by atoms with Crippen LogP contribution < -0.4 is 11.1 Å². The number of halogens is 1. The lowest BCUT2D eigenvalue weighted by molar-refractivity contribution is -0.144. The summed E-state index contributed by atoms with van der Waals surface area (Å²) in [6.07, 6.45) is 1.34. The van der Waals surface area contributed by atoms with Gasteiger partial charge in [-0.15, -0.1) is 12.4 Å². The predicted octanol–water partition coefficient (Wildman–Crippen LogP) is 1.48. The molecule has 1 aliphatic rings. The third-order valence-electron chi connectivity index (χ3n) is 4.31. The van der Waals surface area contributed by atoms with Crippen LogP contribution in [0.3, 0.4) is 0 Å². The third-order valence-corrected chi connectivity index (χ3v) is 4.31. The Morgan fingerprint density at radius 1 is 1.35 bits per heavy atom. The molecule has 0 spiro atoms. The number of nitrogens with one attached hydrogen (secondary N) is 1. The van der Waals surface area contributed by atoms with Gasteiger partial charge in [-0.2, -0.15) is 0 Å². The van der Waals surface area contributed by atoms with E-state index in [2.05, 4.69) is 5.32 Å². The molecule has 5 nitrogen and oxygen atoms in total. The van der Waals surface area contributed by atoms with Crippen LogP contribution in [-0.2, 0) is 22.6 Å². The molecule has 2 atom stereocenters. The molecule has 0 radical (unpaired) electrons. The molecule has 0 saturated heterocycles. The average Bonchev–Trinajstić information content (AvgIpc) is 2.56. The predicted molar refractivity (Wildman–Crippen MR) is 93.3 cm³/mol. The minimum atomic E-state index is -0.442. The van der Waals surface area contributed by atoms with Crippen molar-refractivity contribution in [1.82, 2.24) is 10.2 Å². The Morgan fingerprint density at radius 2 is 2.00 bits per heavy atom. The Bertz CT molecular complexity index is 550. The molecule has 0 bridgehead atoms. The lowest BCUT2D eigenvalue weighted by atomic mass is 9.92. The van der Waals surface area contributed by atoms with Crippen LogP contribution in [0.15, 0.2) is 24.3 Å². The van der Waals surface area contributed by atoms with Gasteiger partial charge in [0.15, 0.2) is 0 Å². The van der Waals surface area contributed by atoms with Crippen LogP contribution in [-0.4, -0.2) is 35.8 Å². The van der Waals surface area contributed by atoms with Crippen molar-refractivity contribution in [2.75, 3.05) is 13.1 Å². The zero-order chi connectivity index (χ0) is 16.1. The lowest BCUT2D eigenvalue weighted by Gasteiger charge is -2.37. The molecule has 23 heavy (non-hydrogen) atoms. The maximum absolute atomic E-state index is 12.6. The fraction of sp³-hybridized carbons (Fsp3) is 0.529. The maximum Gasteiger partial charge on any atom is 0.243 e. The smallest absolute Gasteiger partial charge is 0.243 e. The highest BCUT2D eigenvalue weighted by atomic mass is 35.5. The normalized spacial score (nSPS) is 17.7. The fourth-order valence-corrected chi connectivity index (χ4v) is 2.76. The van der Waals surface area contributed by atoms with E-state index in [4.69, 9.17) is 5.73 Å². The molecule has 128 valence electrons. The van der Waals surface area contributed by atoms with Crippen LogP contribution in [0.1, 0.15) is 31.4 Å². The summed E-state index contributed by atoms with van der Waals surface area (Å²) in [5.41, 5.74) is 7.72. The SMILES string of the molecule is CCC(C)C(=O)N1Cc2ccccc2CC1C(=O)NCCN.Cl. The van der Waals surface area contributed by atoms with Crippen molar-refractivity contribution in [1.29, 1.82) is 0 Å². The monoisotopic (exact) mass is 339 g/mol. The number of carbonyl (C=O) groups excluding carboxylic acids is 2. The number of carbonyl (C=O) groups is 2. The highest BCUT2D eigenvalue weighted by Gasteiger charge is 2.35. The summed E-state index contributed by atoms with van der Waals surface area (Å²) in [7, 11) is 0. The molecule has 2 amide bonds. The first kappa shape index (κ1) is 19.5. The molecule has 3 N–H and O–H groups in total. The lowest BCUT2D eigenvalue weighted by Crippen LogP contribution is -2.54. The number of rotatable bonds is 5. The Hall–Kier alpha value is -1.59. The first-order valence-electron chi connectivity index (χ1n) is 7.93. The average molecular weight is 340 g/mol. The quantitative estimate of drug-likeness (QED) is 0.853. The first-order chi connectivity index (χ1) is 10.6. The van der Waals surface area contributed by atoms with Crippen molar-refractivity contribution in [2.45, 2.75) is 39.3 Å². The number of nitrogens with two attached hydrogens (primary N) is 1. The van der Waals surface area contributed by atoms with Crippen LogP contribution >= 0.6 is 12.4 Å². The number of benzene rings is 1. The third kappa shape index (κ3) is 4.45. The van der Waals surface area contributed by atoms with Crippen LogP contribution in [0.4, 0.5) is 0 Å². The summed E-state index contributed by atoms with van der Waals surface area (Å²) in [6.45, 7) is 5.23. The molecule has 1 aliphatic heterocycles. The van der Waals surface area contributed by atoms with Crippen molar-refractivity contribution in [3.05, 3.63) is 35.4 Å². The standard InChI is InChI=1S/C17H25N3O2.ClH/c1-3-12(2)17(22)20-11-14-7-5-4-6-13(14)10-15(20)16(21)19-9-8-18;/h4-7,12,15H,3,8-11,18H2,1-2H3,(H,19,21);1H. The van der Waals surface area contributed by atoms with Crippen molar-refractivity contribution in [2.24, 2.45) is 11.7 Å². The van der Waals surface area contributed by atoms with Gasteiger partial charge in [0, 0.05) is 32.0 Å². The Morgan fingerprint density at radius 3 is 2.61 bits per heavy atom. The van der Waals surface area contributed by atoms with Crippen molar-refractivity contribution >= 4 is 24.2 Å². The second kappa shape index (κ2) is 8.89. The molecule has 2 unspecified atom stereocenters. The summed E-state index contributed by atoms with van der Waals surface area (Å²) in [6, 6.07) is 7.56. The second-order valence-corrected chi connectivity index (χ2v) is 5.84. The summed E-state index contributed by atoms with van der Waals surface area (Å²) in [5.74, 6) is -0.142. The molecular weight excluding hydrogens is 314 g/mol. The van der Waals surface area contributed by atoms with Crippen LogP contribution in [0.5, 0.6) is 0 Å². The number of nitrogens with zero attached hydrogens (tertiary/aromatic N) is 1. The van der Waals surface area contributed by atoms with E-state index in [9.17, 15) is 9.59 Å². The fourth-order valence-electron chi connectivity index (χ4n) is 2.76. The van der Waals surface area contributed by atoms with E-state index < -0.39 is 6.04 Å². The summed E-state index contributed by atoms with van der Waals surface area (Å²) >= 11 is 0. The highest BCUT2D eigenvalue weighted by molar-refractivity contribution is 5.89. The van der Waals surface area contributed by atoms with Gasteiger partial charge in [0.25, 0.3) is 0 Å². The first-order valence-corrected chi connectivity index (χ1v) is 7.93. The molecule has 0 fully saturated rings. The van der Waals surface area contributed by atoms with Gasteiger partial charge in [0.05, 0.1) is 0 Å². The molecule has 1 aromatic carbocycles. The highest BCUT2D eigenvalue weighted by Crippen LogP contribution is 2.25.